The Morgan fingerprint density at radius 3 is 2.63 bits per heavy atom. The second-order valence-electron chi connectivity index (χ2n) is 6.60. The van der Waals surface area contributed by atoms with Gasteiger partial charge in [0.25, 0.3) is 0 Å². The average Bonchev–Trinajstić information content (AvgIpc) is 2.43. The van der Waals surface area contributed by atoms with Gasteiger partial charge in [0, 0.05) is 18.6 Å². The first-order valence-electron chi connectivity index (χ1n) is 7.75. The molecule has 2 N–H and O–H groups in total. The summed E-state index contributed by atoms with van der Waals surface area (Å²) in [6.45, 7) is 7.19. The van der Waals surface area contributed by atoms with E-state index in [-0.39, 0.29) is 6.04 Å². The molecule has 1 fully saturated rings. The molecule has 0 radical (unpaired) electrons. The number of piperidine rings is 1. The Morgan fingerprint density at radius 1 is 1.16 bits per heavy atom. The van der Waals surface area contributed by atoms with Crippen LogP contribution in [-0.4, -0.2) is 24.0 Å². The Hall–Kier alpha value is -0.860. The van der Waals surface area contributed by atoms with Crippen LogP contribution in [0.2, 0.25) is 0 Å². The van der Waals surface area contributed by atoms with Gasteiger partial charge in [-0.1, -0.05) is 38.1 Å². The summed E-state index contributed by atoms with van der Waals surface area (Å²) in [7, 11) is 0. The van der Waals surface area contributed by atoms with Gasteiger partial charge in [0.05, 0.1) is 0 Å². The van der Waals surface area contributed by atoms with Crippen molar-refractivity contribution in [3.8, 4) is 0 Å². The molecule has 1 aliphatic heterocycles. The Labute approximate surface area is 117 Å². The Bertz CT molecular complexity index is 443. The van der Waals surface area contributed by atoms with Crippen molar-refractivity contribution >= 4 is 0 Å². The first-order chi connectivity index (χ1) is 9.16. The van der Waals surface area contributed by atoms with Gasteiger partial charge in [-0.15, -0.1) is 0 Å². The van der Waals surface area contributed by atoms with Crippen LogP contribution in [-0.2, 0) is 0 Å². The minimum absolute atomic E-state index is 0.192. The average molecular weight is 258 g/mol. The van der Waals surface area contributed by atoms with Crippen LogP contribution in [0.15, 0.2) is 24.3 Å². The molecular formula is C17H26N2. The zero-order chi connectivity index (χ0) is 13.4. The Balaban J connectivity index is 1.85. The van der Waals surface area contributed by atoms with Crippen molar-refractivity contribution in [2.45, 2.75) is 51.1 Å². The lowest BCUT2D eigenvalue weighted by Crippen LogP contribution is -2.49. The zero-order valence-corrected chi connectivity index (χ0v) is 12.2. The lowest BCUT2D eigenvalue weighted by Gasteiger charge is -2.44. The summed E-state index contributed by atoms with van der Waals surface area (Å²) >= 11 is 0. The van der Waals surface area contributed by atoms with E-state index in [4.69, 9.17) is 5.73 Å². The van der Waals surface area contributed by atoms with Gasteiger partial charge in [-0.25, -0.2) is 0 Å². The number of hydrogen-bond acceptors (Lipinski definition) is 2. The molecule has 0 bridgehead atoms. The van der Waals surface area contributed by atoms with Crippen LogP contribution in [0.25, 0.3) is 0 Å². The number of benzene rings is 1. The van der Waals surface area contributed by atoms with Crippen LogP contribution in [0.4, 0.5) is 0 Å². The second-order valence-corrected chi connectivity index (χ2v) is 6.60. The molecule has 2 aliphatic rings. The monoisotopic (exact) mass is 258 g/mol. The predicted octanol–water partition coefficient (Wildman–Crippen LogP) is 3.29. The minimum atomic E-state index is 0.192. The van der Waals surface area contributed by atoms with Crippen LogP contribution >= 0.6 is 0 Å². The number of nitrogens with two attached hydrogens (primary N) is 1. The molecule has 0 saturated carbocycles. The van der Waals surface area contributed by atoms with E-state index in [2.05, 4.69) is 43.0 Å². The normalized spacial score (nSPS) is 35.9. The van der Waals surface area contributed by atoms with Crippen molar-refractivity contribution in [1.29, 1.82) is 0 Å². The highest BCUT2D eigenvalue weighted by Gasteiger charge is 2.35. The van der Waals surface area contributed by atoms with Crippen molar-refractivity contribution < 1.29 is 0 Å². The third-order valence-corrected chi connectivity index (χ3v) is 5.05. The highest BCUT2D eigenvalue weighted by atomic mass is 15.2. The molecule has 2 nitrogen and oxygen atoms in total. The summed E-state index contributed by atoms with van der Waals surface area (Å²) in [5.41, 5.74) is 9.44. The molecule has 1 aromatic rings. The highest BCUT2D eigenvalue weighted by molar-refractivity contribution is 5.36. The molecule has 0 amide bonds. The molecule has 1 heterocycles. The molecule has 1 aromatic carbocycles. The van der Waals surface area contributed by atoms with Gasteiger partial charge in [0.1, 0.15) is 0 Å². The van der Waals surface area contributed by atoms with Gasteiger partial charge in [-0.3, -0.25) is 4.90 Å². The lowest BCUT2D eigenvalue weighted by atomic mass is 9.77. The van der Waals surface area contributed by atoms with E-state index in [0.717, 1.165) is 5.92 Å². The molecule has 0 aromatic heterocycles. The van der Waals surface area contributed by atoms with Crippen LogP contribution in [0.1, 0.15) is 56.2 Å². The lowest BCUT2D eigenvalue weighted by molar-refractivity contribution is 0.0972. The number of fused-ring (bicyclic) bond motifs is 1. The van der Waals surface area contributed by atoms with Crippen LogP contribution in [0.5, 0.6) is 0 Å². The van der Waals surface area contributed by atoms with Gasteiger partial charge in [0.2, 0.25) is 0 Å². The number of likely N-dealkylation sites (tertiary alicyclic amines) is 1. The van der Waals surface area contributed by atoms with Gasteiger partial charge in [-0.2, -0.15) is 0 Å². The fourth-order valence-electron chi connectivity index (χ4n) is 4.01. The summed E-state index contributed by atoms with van der Waals surface area (Å²) in [6.07, 6.45) is 3.93. The Morgan fingerprint density at radius 2 is 1.89 bits per heavy atom. The molecular weight excluding hydrogens is 232 g/mol. The first-order valence-corrected chi connectivity index (χ1v) is 7.75. The topological polar surface area (TPSA) is 29.3 Å². The van der Waals surface area contributed by atoms with Gasteiger partial charge < -0.3 is 5.73 Å². The van der Waals surface area contributed by atoms with Crippen LogP contribution in [0.3, 0.4) is 0 Å². The number of hydrogen-bond donors (Lipinski definition) is 1. The summed E-state index contributed by atoms with van der Waals surface area (Å²) < 4.78 is 0. The summed E-state index contributed by atoms with van der Waals surface area (Å²) in [5.74, 6) is 1.46. The summed E-state index contributed by atoms with van der Waals surface area (Å²) in [4.78, 5) is 2.66. The smallest absolute Gasteiger partial charge is 0.0456 e. The highest BCUT2D eigenvalue weighted by Crippen LogP contribution is 2.39. The third-order valence-electron chi connectivity index (χ3n) is 5.05. The van der Waals surface area contributed by atoms with Crippen LogP contribution in [0, 0.1) is 5.92 Å². The van der Waals surface area contributed by atoms with E-state index in [1.54, 1.807) is 0 Å². The van der Waals surface area contributed by atoms with Gasteiger partial charge in [0.15, 0.2) is 0 Å². The third kappa shape index (κ3) is 2.44. The number of rotatable bonds is 1. The van der Waals surface area contributed by atoms with Crippen molar-refractivity contribution in [3.63, 3.8) is 0 Å². The first kappa shape index (κ1) is 13.1. The fourth-order valence-corrected chi connectivity index (χ4v) is 4.01. The van der Waals surface area contributed by atoms with Crippen molar-refractivity contribution in [2.24, 2.45) is 11.7 Å². The van der Waals surface area contributed by atoms with Crippen molar-refractivity contribution in [3.05, 3.63) is 35.4 Å². The van der Waals surface area contributed by atoms with E-state index >= 15 is 0 Å². The molecule has 3 rings (SSSR count). The van der Waals surface area contributed by atoms with Gasteiger partial charge in [-0.05, 0) is 48.8 Å². The quantitative estimate of drug-likeness (QED) is 0.837. The SMILES string of the molecule is CC1CCCN(C2CC(C)c3ccccc3C2N)C1. The standard InChI is InChI=1S/C17H26N2/c1-12-6-5-9-19(11-12)16-10-13(2)14-7-3-4-8-15(14)17(16)18/h3-4,7-8,12-13,16-17H,5-6,9-11,18H2,1-2H3. The predicted molar refractivity (Wildman–Crippen MR) is 80.2 cm³/mol. The maximum Gasteiger partial charge on any atom is 0.0456 e. The molecule has 4 unspecified atom stereocenters. The Kier molecular flexibility index (Phi) is 3.64. The zero-order valence-electron chi connectivity index (χ0n) is 12.2. The van der Waals surface area contributed by atoms with Crippen molar-refractivity contribution in [1.82, 2.24) is 4.90 Å². The summed E-state index contributed by atoms with van der Waals surface area (Å²) in [5, 5.41) is 0. The van der Waals surface area contributed by atoms with Gasteiger partial charge >= 0.3 is 0 Å². The van der Waals surface area contributed by atoms with Crippen molar-refractivity contribution in [2.75, 3.05) is 13.1 Å². The van der Waals surface area contributed by atoms with E-state index in [9.17, 15) is 0 Å². The molecule has 1 aliphatic carbocycles. The van der Waals surface area contributed by atoms with Crippen LogP contribution < -0.4 is 5.73 Å². The molecule has 19 heavy (non-hydrogen) atoms. The number of nitrogens with zero attached hydrogens (tertiary/aromatic N) is 1. The maximum absolute atomic E-state index is 6.59. The van der Waals surface area contributed by atoms with E-state index in [1.165, 1.54) is 43.5 Å². The molecule has 2 heteroatoms. The fraction of sp³-hybridized carbons (Fsp3) is 0.647. The largest absolute Gasteiger partial charge is 0.323 e. The molecule has 0 spiro atoms. The molecule has 104 valence electrons. The second kappa shape index (κ2) is 5.26. The van der Waals surface area contributed by atoms with E-state index < -0.39 is 0 Å². The van der Waals surface area contributed by atoms with E-state index in [1.807, 2.05) is 0 Å². The maximum atomic E-state index is 6.59. The molecule has 4 atom stereocenters. The van der Waals surface area contributed by atoms with E-state index in [0.29, 0.717) is 12.0 Å². The minimum Gasteiger partial charge on any atom is -0.323 e. The summed E-state index contributed by atoms with van der Waals surface area (Å²) in [6, 6.07) is 9.49. The molecule has 1 saturated heterocycles.